The van der Waals surface area contributed by atoms with E-state index in [1.54, 1.807) is 11.3 Å². The number of thiophene rings is 1. The number of fused-ring (bicyclic) bond motifs is 1. The standard InChI is InChI=1S/C12H8Br2N4S/c13-6-1-2-9(8(14)5-6)16-10-7-3-4-19-11(7)18-12(15)17-10/h1-5H,(H3,15,16,17,18). The van der Waals surface area contributed by atoms with Crippen LogP contribution in [0.4, 0.5) is 17.5 Å². The van der Waals surface area contributed by atoms with Gasteiger partial charge in [-0.25, -0.2) is 4.98 Å². The summed E-state index contributed by atoms with van der Waals surface area (Å²) in [6, 6.07) is 7.87. The quantitative estimate of drug-likeness (QED) is 0.663. The summed E-state index contributed by atoms with van der Waals surface area (Å²) in [5.74, 6) is 0.984. The molecule has 0 radical (unpaired) electrons. The monoisotopic (exact) mass is 398 g/mol. The van der Waals surface area contributed by atoms with Gasteiger partial charge in [0.15, 0.2) is 0 Å². The van der Waals surface area contributed by atoms with Crippen LogP contribution in [0.2, 0.25) is 0 Å². The molecule has 0 unspecified atom stereocenters. The maximum atomic E-state index is 5.72. The Kier molecular flexibility index (Phi) is 3.42. The van der Waals surface area contributed by atoms with Crippen molar-refractivity contribution < 1.29 is 0 Å². The largest absolute Gasteiger partial charge is 0.368 e. The maximum Gasteiger partial charge on any atom is 0.223 e. The van der Waals surface area contributed by atoms with Crippen molar-refractivity contribution in [2.24, 2.45) is 0 Å². The minimum absolute atomic E-state index is 0.269. The van der Waals surface area contributed by atoms with Crippen molar-refractivity contribution in [1.29, 1.82) is 0 Å². The molecule has 2 aromatic heterocycles. The van der Waals surface area contributed by atoms with E-state index in [1.807, 2.05) is 29.6 Å². The highest BCUT2D eigenvalue weighted by atomic mass is 79.9. The van der Waals surface area contributed by atoms with Gasteiger partial charge in [-0.15, -0.1) is 11.3 Å². The third-order valence-electron chi connectivity index (χ3n) is 2.53. The summed E-state index contributed by atoms with van der Waals surface area (Å²) in [4.78, 5) is 9.34. The molecule has 0 aliphatic rings. The van der Waals surface area contributed by atoms with Crippen LogP contribution in [0.25, 0.3) is 10.2 Å². The molecular formula is C12H8Br2N4S. The zero-order valence-electron chi connectivity index (χ0n) is 9.52. The van der Waals surface area contributed by atoms with Gasteiger partial charge >= 0.3 is 0 Å². The van der Waals surface area contributed by atoms with Gasteiger partial charge in [0.2, 0.25) is 5.95 Å². The molecule has 0 atom stereocenters. The van der Waals surface area contributed by atoms with Crippen molar-refractivity contribution in [3.8, 4) is 0 Å². The van der Waals surface area contributed by atoms with Crippen LogP contribution in [0, 0.1) is 0 Å². The van der Waals surface area contributed by atoms with Crippen molar-refractivity contribution >= 4 is 70.9 Å². The van der Waals surface area contributed by atoms with Crippen LogP contribution in [0.3, 0.4) is 0 Å². The van der Waals surface area contributed by atoms with Crippen molar-refractivity contribution in [2.45, 2.75) is 0 Å². The summed E-state index contributed by atoms with van der Waals surface area (Å²) >= 11 is 8.48. The molecule has 96 valence electrons. The third-order valence-corrected chi connectivity index (χ3v) is 4.48. The van der Waals surface area contributed by atoms with Crippen LogP contribution < -0.4 is 11.1 Å². The lowest BCUT2D eigenvalue weighted by molar-refractivity contribution is 1.24. The molecule has 1 aromatic carbocycles. The van der Waals surface area contributed by atoms with Gasteiger partial charge in [0.25, 0.3) is 0 Å². The molecule has 0 aliphatic heterocycles. The fourth-order valence-corrected chi connectivity index (χ4v) is 3.60. The number of rotatable bonds is 2. The number of nitrogens with one attached hydrogen (secondary N) is 1. The summed E-state index contributed by atoms with van der Waals surface area (Å²) in [7, 11) is 0. The van der Waals surface area contributed by atoms with Gasteiger partial charge in [0, 0.05) is 8.95 Å². The van der Waals surface area contributed by atoms with E-state index in [1.165, 1.54) is 0 Å². The fraction of sp³-hybridized carbons (Fsp3) is 0. The second kappa shape index (κ2) is 5.07. The van der Waals surface area contributed by atoms with E-state index in [0.717, 1.165) is 24.8 Å². The molecule has 7 heteroatoms. The number of hydrogen-bond donors (Lipinski definition) is 2. The third kappa shape index (κ3) is 2.58. The highest BCUT2D eigenvalue weighted by Crippen LogP contribution is 2.32. The molecule has 0 spiro atoms. The average Bonchev–Trinajstić information content (AvgIpc) is 2.80. The number of nitrogens with two attached hydrogens (primary N) is 1. The minimum Gasteiger partial charge on any atom is -0.368 e. The van der Waals surface area contributed by atoms with E-state index in [4.69, 9.17) is 5.73 Å². The molecule has 4 nitrogen and oxygen atoms in total. The van der Waals surface area contributed by atoms with Gasteiger partial charge in [0.05, 0.1) is 11.1 Å². The Morgan fingerprint density at radius 2 is 2.00 bits per heavy atom. The fourth-order valence-electron chi connectivity index (χ4n) is 1.69. The number of nitrogens with zero attached hydrogens (tertiary/aromatic N) is 2. The zero-order valence-corrected chi connectivity index (χ0v) is 13.5. The molecule has 3 N–H and O–H groups in total. The van der Waals surface area contributed by atoms with E-state index >= 15 is 0 Å². The maximum absolute atomic E-state index is 5.72. The van der Waals surface area contributed by atoms with Gasteiger partial charge in [-0.1, -0.05) is 15.9 Å². The first-order valence-corrected chi connectivity index (χ1v) is 7.83. The predicted molar refractivity (Wildman–Crippen MR) is 87.0 cm³/mol. The second-order valence-electron chi connectivity index (χ2n) is 3.82. The predicted octanol–water partition coefficient (Wildman–Crippen LogP) is 4.54. The normalized spacial score (nSPS) is 10.8. The van der Waals surface area contributed by atoms with Crippen LogP contribution in [0.1, 0.15) is 0 Å². The summed E-state index contributed by atoms with van der Waals surface area (Å²) in [6.45, 7) is 0. The van der Waals surface area contributed by atoms with Crippen LogP contribution >= 0.6 is 43.2 Å². The SMILES string of the molecule is Nc1nc(Nc2ccc(Br)cc2Br)c2ccsc2n1. The highest BCUT2D eigenvalue weighted by Gasteiger charge is 2.09. The van der Waals surface area contributed by atoms with Crippen LogP contribution in [0.5, 0.6) is 0 Å². The van der Waals surface area contributed by atoms with Crippen LogP contribution in [-0.4, -0.2) is 9.97 Å². The topological polar surface area (TPSA) is 63.8 Å². The Morgan fingerprint density at radius 3 is 2.79 bits per heavy atom. The molecule has 0 amide bonds. The van der Waals surface area contributed by atoms with Crippen molar-refractivity contribution in [3.05, 3.63) is 38.6 Å². The molecule has 2 heterocycles. The van der Waals surface area contributed by atoms with E-state index < -0.39 is 0 Å². The summed E-state index contributed by atoms with van der Waals surface area (Å²) in [5, 5.41) is 6.22. The lowest BCUT2D eigenvalue weighted by atomic mass is 10.3. The number of benzene rings is 1. The molecule has 3 aromatic rings. The molecule has 0 saturated heterocycles. The molecule has 0 fully saturated rings. The van der Waals surface area contributed by atoms with Gasteiger partial charge < -0.3 is 11.1 Å². The smallest absolute Gasteiger partial charge is 0.223 e. The van der Waals surface area contributed by atoms with Crippen LogP contribution in [0.15, 0.2) is 38.6 Å². The lowest BCUT2D eigenvalue weighted by Crippen LogP contribution is -2.00. The Labute approximate surface area is 130 Å². The highest BCUT2D eigenvalue weighted by molar-refractivity contribution is 9.11. The number of anilines is 3. The summed E-state index contributed by atoms with van der Waals surface area (Å²) in [5.41, 5.74) is 6.65. The van der Waals surface area contributed by atoms with Gasteiger partial charge in [0.1, 0.15) is 10.6 Å². The Balaban J connectivity index is 2.07. The minimum atomic E-state index is 0.269. The Hall–Kier alpha value is -1.18. The van der Waals surface area contributed by atoms with E-state index in [0.29, 0.717) is 5.82 Å². The van der Waals surface area contributed by atoms with Gasteiger partial charge in [-0.05, 0) is 45.6 Å². The Bertz CT molecular complexity index is 757. The number of nitrogen functional groups attached to an aromatic ring is 1. The molecule has 0 aliphatic carbocycles. The molecule has 0 saturated carbocycles. The first-order chi connectivity index (χ1) is 9.13. The molecular weight excluding hydrogens is 392 g/mol. The van der Waals surface area contributed by atoms with E-state index in [-0.39, 0.29) is 5.95 Å². The van der Waals surface area contributed by atoms with E-state index in [9.17, 15) is 0 Å². The number of halogens is 2. The first-order valence-electron chi connectivity index (χ1n) is 5.36. The second-order valence-corrected chi connectivity index (χ2v) is 6.48. The lowest BCUT2D eigenvalue weighted by Gasteiger charge is -2.09. The summed E-state index contributed by atoms with van der Waals surface area (Å²) in [6.07, 6.45) is 0. The van der Waals surface area contributed by atoms with Crippen LogP contribution in [-0.2, 0) is 0 Å². The van der Waals surface area contributed by atoms with Gasteiger partial charge in [-0.3, -0.25) is 0 Å². The van der Waals surface area contributed by atoms with Crippen molar-refractivity contribution in [1.82, 2.24) is 9.97 Å². The molecule has 0 bridgehead atoms. The first kappa shape index (κ1) is 12.8. The summed E-state index contributed by atoms with van der Waals surface area (Å²) < 4.78 is 1.95. The average molecular weight is 400 g/mol. The number of aromatic nitrogens is 2. The van der Waals surface area contributed by atoms with Crippen molar-refractivity contribution in [3.63, 3.8) is 0 Å². The molecule has 19 heavy (non-hydrogen) atoms. The number of hydrogen-bond acceptors (Lipinski definition) is 5. The zero-order chi connectivity index (χ0) is 13.4. The Morgan fingerprint density at radius 1 is 1.16 bits per heavy atom. The van der Waals surface area contributed by atoms with Gasteiger partial charge in [-0.2, -0.15) is 4.98 Å². The molecule has 3 rings (SSSR count). The van der Waals surface area contributed by atoms with Crippen molar-refractivity contribution in [2.75, 3.05) is 11.1 Å². The van der Waals surface area contributed by atoms with E-state index in [2.05, 4.69) is 47.1 Å².